The van der Waals surface area contributed by atoms with Crippen molar-refractivity contribution in [3.63, 3.8) is 0 Å². The van der Waals surface area contributed by atoms with Gasteiger partial charge in [-0.2, -0.15) is 10.2 Å². The summed E-state index contributed by atoms with van der Waals surface area (Å²) in [6.07, 6.45) is 1.25. The number of hydrogen-bond acceptors (Lipinski definition) is 6. The van der Waals surface area contributed by atoms with Crippen molar-refractivity contribution in [1.82, 2.24) is 39.6 Å². The van der Waals surface area contributed by atoms with Gasteiger partial charge in [-0.1, -0.05) is 123 Å². The first-order chi connectivity index (χ1) is 30.5. The molecule has 0 aliphatic carbocycles. The maximum absolute atomic E-state index is 13.3. The number of halogens is 5. The largest absolute Gasteiger partial charge is 0.349 e. The van der Waals surface area contributed by atoms with E-state index in [4.69, 9.17) is 46.4 Å². The number of fused-ring (bicyclic) bond motifs is 6. The lowest BCUT2D eigenvalue weighted by atomic mass is 10.0. The molecule has 6 aromatic rings. The monoisotopic (exact) mass is 988 g/mol. The summed E-state index contributed by atoms with van der Waals surface area (Å²) in [4.78, 5) is 56.6. The second-order valence-electron chi connectivity index (χ2n) is 15.3. The second kappa shape index (κ2) is 19.7. The van der Waals surface area contributed by atoms with Crippen LogP contribution in [0.15, 0.2) is 97.1 Å². The van der Waals surface area contributed by atoms with Crippen molar-refractivity contribution in [1.29, 1.82) is 0 Å². The van der Waals surface area contributed by atoms with E-state index in [2.05, 4.69) is 43.6 Å². The topological polar surface area (TPSA) is 126 Å². The Kier molecular flexibility index (Phi) is 13.9. The van der Waals surface area contributed by atoms with E-state index in [-0.39, 0.29) is 23.6 Å². The van der Waals surface area contributed by atoms with Gasteiger partial charge in [0.25, 0.3) is 23.6 Å². The number of amides is 4. The Bertz CT molecular complexity index is 2690. The van der Waals surface area contributed by atoms with Gasteiger partial charge in [-0.05, 0) is 47.5 Å². The Balaban J connectivity index is 0.000000150. The molecule has 0 atom stereocenters. The quantitative estimate of drug-likeness (QED) is 0.172. The van der Waals surface area contributed by atoms with Crippen molar-refractivity contribution in [2.24, 2.45) is 0 Å². The maximum Gasteiger partial charge on any atom is 0.272 e. The Hall–Kier alpha value is -5.18. The number of nitrogens with zero attached hydrogens (tertiary/aromatic N) is 7. The molecule has 10 rings (SSSR count). The first kappa shape index (κ1) is 44.4. The molecule has 4 aliphatic rings. The predicted octanol–water partition coefficient (Wildman–Crippen LogP) is 8.76. The molecule has 4 aromatic carbocycles. The van der Waals surface area contributed by atoms with Gasteiger partial charge in [-0.25, -0.2) is 0 Å². The third-order valence-corrected chi connectivity index (χ3v) is 13.3. The zero-order valence-corrected chi connectivity index (χ0v) is 38.5. The van der Waals surface area contributed by atoms with Crippen molar-refractivity contribution >= 4 is 86.0 Å². The molecule has 4 amide bonds. The Morgan fingerprint density at radius 2 is 1.11 bits per heavy atom. The number of alkyl halides is 1. The highest BCUT2D eigenvalue weighted by Gasteiger charge is 2.35. The number of benzene rings is 4. The summed E-state index contributed by atoms with van der Waals surface area (Å²) in [6.45, 7) is 4.91. The third-order valence-electron chi connectivity index (χ3n) is 11.2. The van der Waals surface area contributed by atoms with Crippen LogP contribution in [0.4, 0.5) is 0 Å². The summed E-state index contributed by atoms with van der Waals surface area (Å²) < 4.78 is 3.55. The molecule has 4 aliphatic heterocycles. The molecule has 0 fully saturated rings. The van der Waals surface area contributed by atoms with E-state index in [1.54, 1.807) is 50.9 Å². The lowest BCUT2D eigenvalue weighted by molar-refractivity contribution is 0.0670. The minimum absolute atomic E-state index is 0.0345. The third kappa shape index (κ3) is 9.83. The van der Waals surface area contributed by atoms with Gasteiger partial charge in [0, 0.05) is 73.1 Å². The van der Waals surface area contributed by atoms with Crippen LogP contribution in [-0.2, 0) is 50.9 Å². The average molecular weight is 992 g/mol. The van der Waals surface area contributed by atoms with Gasteiger partial charge < -0.3 is 20.0 Å². The molecular formula is C46H41BrCl4N8O4. The second-order valence-corrected chi connectivity index (χ2v) is 17.5. The minimum Gasteiger partial charge on any atom is -0.349 e. The summed E-state index contributed by atoms with van der Waals surface area (Å²) >= 11 is 27.3. The number of hydrogen-bond donors (Lipinski definition) is 1. The fraction of sp³-hybridized carbons (Fsp3) is 0.261. The van der Waals surface area contributed by atoms with Gasteiger partial charge in [0.2, 0.25) is 0 Å². The van der Waals surface area contributed by atoms with Crippen LogP contribution in [-0.4, -0.2) is 84.1 Å². The van der Waals surface area contributed by atoms with Gasteiger partial charge in [0.05, 0.1) is 57.7 Å². The molecule has 324 valence electrons. The number of carbonyl (C=O) groups is 4. The standard InChI is InChI=1S/C23H20Cl2N4O2.C16H14Cl2N4O2.C7H7Br/c24-18-7-6-16(12-19(18)25)22(30)27-9-8-20-17(14-27)21-23(31)28(10-11-29(21)26-20)13-15-4-2-1-3-5-15;17-11-2-1-9(7-12(11)18)16(24)21-5-3-13-10(8-21)14-15(23)19-4-6-22(14)20-13;8-6-7-4-2-1-3-5-7/h1-7,12H,8-11,13-14H2;1-2,7H,3-6,8H2,(H,19,23);1-5H,6H2. The van der Waals surface area contributed by atoms with Crippen molar-refractivity contribution < 1.29 is 19.2 Å². The Labute approximate surface area is 392 Å². The first-order valence-electron chi connectivity index (χ1n) is 20.4. The number of rotatable bonds is 5. The lowest BCUT2D eigenvalue weighted by Crippen LogP contribution is -2.41. The highest BCUT2D eigenvalue weighted by Crippen LogP contribution is 2.30. The van der Waals surface area contributed by atoms with Crippen molar-refractivity contribution in [3.8, 4) is 0 Å². The molecule has 1 N–H and O–H groups in total. The molecule has 12 nitrogen and oxygen atoms in total. The van der Waals surface area contributed by atoms with Gasteiger partial charge in [-0.15, -0.1) is 0 Å². The van der Waals surface area contributed by atoms with Crippen LogP contribution in [0.1, 0.15) is 75.3 Å². The molecule has 0 unspecified atom stereocenters. The number of aromatic nitrogens is 4. The molecule has 17 heteroatoms. The SMILES string of the molecule is BrCc1ccccc1.O=C(c1ccc(Cl)c(Cl)c1)N1CCc2nn3c(c2C1)C(=O)N(Cc1ccccc1)CC3.O=C1NCCn2nc3c(c21)CN(C(=O)c1ccc(Cl)c(Cl)c1)CC3. The zero-order valence-electron chi connectivity index (χ0n) is 33.9. The molecule has 63 heavy (non-hydrogen) atoms. The van der Waals surface area contributed by atoms with Crippen LogP contribution in [0.5, 0.6) is 0 Å². The van der Waals surface area contributed by atoms with E-state index in [0.29, 0.717) is 114 Å². The van der Waals surface area contributed by atoms with Crippen molar-refractivity contribution in [2.45, 2.75) is 50.9 Å². The fourth-order valence-electron chi connectivity index (χ4n) is 7.99. The van der Waals surface area contributed by atoms with Gasteiger partial charge >= 0.3 is 0 Å². The van der Waals surface area contributed by atoms with E-state index in [0.717, 1.165) is 33.4 Å². The summed E-state index contributed by atoms with van der Waals surface area (Å²) in [6, 6.07) is 30.0. The van der Waals surface area contributed by atoms with E-state index in [1.807, 2.05) is 58.1 Å². The average Bonchev–Trinajstić information content (AvgIpc) is 3.88. The summed E-state index contributed by atoms with van der Waals surface area (Å²) in [7, 11) is 0. The van der Waals surface area contributed by atoms with Crippen LogP contribution in [0.3, 0.4) is 0 Å². The molecule has 6 heterocycles. The molecule has 0 spiro atoms. The lowest BCUT2D eigenvalue weighted by Gasteiger charge is -2.30. The van der Waals surface area contributed by atoms with Crippen LogP contribution in [0.2, 0.25) is 20.1 Å². The Morgan fingerprint density at radius 1 is 0.603 bits per heavy atom. The molecular weight excluding hydrogens is 950 g/mol. The van der Waals surface area contributed by atoms with E-state index < -0.39 is 0 Å². The van der Waals surface area contributed by atoms with Crippen molar-refractivity contribution in [3.05, 3.63) is 173 Å². The summed E-state index contributed by atoms with van der Waals surface area (Å²) in [5, 5.41) is 14.5. The number of nitrogens with one attached hydrogen (secondary N) is 1. The predicted molar refractivity (Wildman–Crippen MR) is 247 cm³/mol. The number of carbonyl (C=O) groups excluding carboxylic acids is 4. The maximum atomic E-state index is 13.3. The normalized spacial score (nSPS) is 15.1. The molecule has 0 radical (unpaired) electrons. The fourth-order valence-corrected chi connectivity index (χ4v) is 8.96. The van der Waals surface area contributed by atoms with Gasteiger partial charge in [-0.3, -0.25) is 28.5 Å². The van der Waals surface area contributed by atoms with Crippen LogP contribution in [0, 0.1) is 0 Å². The summed E-state index contributed by atoms with van der Waals surface area (Å²) in [5.74, 6) is -0.421. The summed E-state index contributed by atoms with van der Waals surface area (Å²) in [5.41, 5.74) is 8.06. The zero-order chi connectivity index (χ0) is 44.2. The van der Waals surface area contributed by atoms with Crippen molar-refractivity contribution in [2.75, 3.05) is 26.2 Å². The van der Waals surface area contributed by atoms with Crippen LogP contribution in [0.25, 0.3) is 0 Å². The highest BCUT2D eigenvalue weighted by molar-refractivity contribution is 9.08. The molecule has 2 aromatic heterocycles. The minimum atomic E-state index is -0.131. The van der Waals surface area contributed by atoms with E-state index in [9.17, 15) is 19.2 Å². The smallest absolute Gasteiger partial charge is 0.272 e. The molecule has 0 bridgehead atoms. The van der Waals surface area contributed by atoms with E-state index >= 15 is 0 Å². The van der Waals surface area contributed by atoms with Crippen LogP contribution >= 0.6 is 62.3 Å². The van der Waals surface area contributed by atoms with Gasteiger partial charge in [0.1, 0.15) is 11.4 Å². The van der Waals surface area contributed by atoms with Gasteiger partial charge in [0.15, 0.2) is 0 Å². The highest BCUT2D eigenvalue weighted by atomic mass is 79.9. The first-order valence-corrected chi connectivity index (χ1v) is 23.0. The Morgan fingerprint density at radius 3 is 1.62 bits per heavy atom. The molecule has 0 saturated heterocycles. The van der Waals surface area contributed by atoms with Crippen LogP contribution < -0.4 is 5.32 Å². The van der Waals surface area contributed by atoms with E-state index in [1.165, 1.54) is 5.56 Å². The molecule has 0 saturated carbocycles.